The van der Waals surface area contributed by atoms with Crippen molar-refractivity contribution in [2.45, 2.75) is 38.8 Å². The molecule has 0 radical (unpaired) electrons. The SMILES string of the molecule is Cc1cc(C(=O)N[C@@H](C)[C@@H]2CCCO2)no1. The van der Waals surface area contributed by atoms with Crippen LogP contribution in [0, 0.1) is 6.92 Å². The Balaban J connectivity index is 1.91. The van der Waals surface area contributed by atoms with E-state index >= 15 is 0 Å². The van der Waals surface area contributed by atoms with Crippen LogP contribution in [-0.2, 0) is 4.74 Å². The molecule has 0 bridgehead atoms. The number of amides is 1. The van der Waals surface area contributed by atoms with Gasteiger partial charge in [0.25, 0.3) is 5.91 Å². The van der Waals surface area contributed by atoms with Crippen molar-refractivity contribution in [3.8, 4) is 0 Å². The Morgan fingerprint density at radius 1 is 1.69 bits per heavy atom. The second-order valence-electron chi connectivity index (χ2n) is 4.14. The van der Waals surface area contributed by atoms with Gasteiger partial charge in [-0.15, -0.1) is 0 Å². The van der Waals surface area contributed by atoms with E-state index in [0.717, 1.165) is 19.4 Å². The van der Waals surface area contributed by atoms with E-state index in [0.29, 0.717) is 11.5 Å². The lowest BCUT2D eigenvalue weighted by Crippen LogP contribution is -2.40. The Kier molecular flexibility index (Phi) is 3.24. The van der Waals surface area contributed by atoms with Gasteiger partial charge < -0.3 is 14.6 Å². The van der Waals surface area contributed by atoms with Gasteiger partial charge in [0, 0.05) is 12.7 Å². The van der Waals surface area contributed by atoms with Gasteiger partial charge in [-0.05, 0) is 26.7 Å². The number of nitrogens with zero attached hydrogens (tertiary/aromatic N) is 1. The molecular weight excluding hydrogens is 208 g/mol. The summed E-state index contributed by atoms with van der Waals surface area (Å²) in [6.07, 6.45) is 2.18. The van der Waals surface area contributed by atoms with Crippen LogP contribution in [0.4, 0.5) is 0 Å². The van der Waals surface area contributed by atoms with Crippen molar-refractivity contribution in [2.24, 2.45) is 0 Å². The summed E-state index contributed by atoms with van der Waals surface area (Å²) < 4.78 is 10.3. The number of rotatable bonds is 3. The molecule has 1 aliphatic rings. The topological polar surface area (TPSA) is 64.4 Å². The van der Waals surface area contributed by atoms with Crippen LogP contribution in [0.25, 0.3) is 0 Å². The molecular formula is C11H16N2O3. The molecule has 16 heavy (non-hydrogen) atoms. The summed E-state index contributed by atoms with van der Waals surface area (Å²) in [6.45, 7) is 4.49. The zero-order valence-electron chi connectivity index (χ0n) is 9.53. The maximum absolute atomic E-state index is 11.7. The van der Waals surface area contributed by atoms with Crippen molar-refractivity contribution in [3.05, 3.63) is 17.5 Å². The molecule has 1 aliphatic heterocycles. The van der Waals surface area contributed by atoms with E-state index in [4.69, 9.17) is 9.26 Å². The first-order chi connectivity index (χ1) is 7.66. The monoisotopic (exact) mass is 224 g/mol. The zero-order valence-corrected chi connectivity index (χ0v) is 9.53. The Labute approximate surface area is 94.1 Å². The number of aromatic nitrogens is 1. The standard InChI is InChI=1S/C11H16N2O3/c1-7-6-9(13-16-7)11(14)12-8(2)10-4-3-5-15-10/h6,8,10H,3-5H2,1-2H3,(H,12,14)/t8-,10-/m0/s1. The van der Waals surface area contributed by atoms with Gasteiger partial charge >= 0.3 is 0 Å². The van der Waals surface area contributed by atoms with E-state index in [1.54, 1.807) is 13.0 Å². The number of ether oxygens (including phenoxy) is 1. The van der Waals surface area contributed by atoms with Gasteiger partial charge in [0.15, 0.2) is 5.69 Å². The summed E-state index contributed by atoms with van der Waals surface area (Å²) in [5.74, 6) is 0.426. The molecule has 1 N–H and O–H groups in total. The Morgan fingerprint density at radius 3 is 3.06 bits per heavy atom. The largest absolute Gasteiger partial charge is 0.376 e. The summed E-state index contributed by atoms with van der Waals surface area (Å²) >= 11 is 0. The van der Waals surface area contributed by atoms with Crippen molar-refractivity contribution in [1.82, 2.24) is 10.5 Å². The van der Waals surface area contributed by atoms with E-state index in [-0.39, 0.29) is 18.1 Å². The predicted octanol–water partition coefficient (Wildman–Crippen LogP) is 1.28. The van der Waals surface area contributed by atoms with Crippen molar-refractivity contribution in [2.75, 3.05) is 6.61 Å². The van der Waals surface area contributed by atoms with Gasteiger partial charge in [-0.3, -0.25) is 4.79 Å². The first-order valence-electron chi connectivity index (χ1n) is 5.52. The summed E-state index contributed by atoms with van der Waals surface area (Å²) in [7, 11) is 0. The number of nitrogens with one attached hydrogen (secondary N) is 1. The van der Waals surface area contributed by atoms with Crippen LogP contribution >= 0.6 is 0 Å². The molecule has 0 spiro atoms. The van der Waals surface area contributed by atoms with Gasteiger partial charge in [0.2, 0.25) is 0 Å². The van der Waals surface area contributed by atoms with Crippen LogP contribution in [0.5, 0.6) is 0 Å². The first-order valence-corrected chi connectivity index (χ1v) is 5.52. The average molecular weight is 224 g/mol. The fourth-order valence-corrected chi connectivity index (χ4v) is 1.84. The number of hydrogen-bond donors (Lipinski definition) is 1. The molecule has 0 saturated carbocycles. The van der Waals surface area contributed by atoms with E-state index in [9.17, 15) is 4.79 Å². The Hall–Kier alpha value is -1.36. The molecule has 1 amide bonds. The lowest BCUT2D eigenvalue weighted by molar-refractivity contribution is 0.0707. The smallest absolute Gasteiger partial charge is 0.273 e. The quantitative estimate of drug-likeness (QED) is 0.840. The van der Waals surface area contributed by atoms with Crippen LogP contribution in [-0.4, -0.2) is 29.8 Å². The highest BCUT2D eigenvalue weighted by molar-refractivity contribution is 5.92. The molecule has 88 valence electrons. The van der Waals surface area contributed by atoms with Gasteiger partial charge in [0.1, 0.15) is 5.76 Å². The van der Waals surface area contributed by atoms with Crippen molar-refractivity contribution in [1.29, 1.82) is 0 Å². The molecule has 2 rings (SSSR count). The van der Waals surface area contributed by atoms with E-state index < -0.39 is 0 Å². The zero-order chi connectivity index (χ0) is 11.5. The summed E-state index contributed by atoms with van der Waals surface area (Å²) in [5.41, 5.74) is 0.322. The summed E-state index contributed by atoms with van der Waals surface area (Å²) in [6, 6.07) is 1.63. The highest BCUT2D eigenvalue weighted by Crippen LogP contribution is 2.15. The predicted molar refractivity (Wildman–Crippen MR) is 57.1 cm³/mol. The van der Waals surface area contributed by atoms with E-state index in [2.05, 4.69) is 10.5 Å². The number of hydrogen-bond acceptors (Lipinski definition) is 4. The molecule has 1 aromatic rings. The van der Waals surface area contributed by atoms with Crippen LogP contribution in [0.1, 0.15) is 36.0 Å². The average Bonchev–Trinajstić information content (AvgIpc) is 2.87. The van der Waals surface area contributed by atoms with Gasteiger partial charge in [-0.1, -0.05) is 5.16 Å². The van der Waals surface area contributed by atoms with Crippen molar-refractivity contribution in [3.63, 3.8) is 0 Å². The van der Waals surface area contributed by atoms with Crippen LogP contribution in [0.15, 0.2) is 10.6 Å². The molecule has 2 heterocycles. The molecule has 0 aliphatic carbocycles. The third-order valence-corrected chi connectivity index (χ3v) is 2.74. The van der Waals surface area contributed by atoms with E-state index in [1.165, 1.54) is 0 Å². The highest BCUT2D eigenvalue weighted by Gasteiger charge is 2.24. The second-order valence-corrected chi connectivity index (χ2v) is 4.14. The second kappa shape index (κ2) is 4.65. The first kappa shape index (κ1) is 11.1. The minimum absolute atomic E-state index is 0.00649. The molecule has 5 nitrogen and oxygen atoms in total. The fraction of sp³-hybridized carbons (Fsp3) is 0.636. The minimum atomic E-state index is -0.208. The van der Waals surface area contributed by atoms with Crippen molar-refractivity contribution >= 4 is 5.91 Å². The molecule has 2 atom stereocenters. The molecule has 0 unspecified atom stereocenters. The Bertz CT molecular complexity index is 369. The van der Waals surface area contributed by atoms with E-state index in [1.807, 2.05) is 6.92 Å². The fourth-order valence-electron chi connectivity index (χ4n) is 1.84. The van der Waals surface area contributed by atoms with Crippen LogP contribution in [0.2, 0.25) is 0 Å². The third-order valence-electron chi connectivity index (χ3n) is 2.74. The molecule has 1 saturated heterocycles. The summed E-state index contributed by atoms with van der Waals surface area (Å²) in [5, 5.41) is 6.53. The maximum atomic E-state index is 11.7. The third kappa shape index (κ3) is 2.41. The highest BCUT2D eigenvalue weighted by atomic mass is 16.5. The molecule has 5 heteroatoms. The lowest BCUT2D eigenvalue weighted by Gasteiger charge is -2.19. The Morgan fingerprint density at radius 2 is 2.50 bits per heavy atom. The number of carbonyl (C=O) groups is 1. The van der Waals surface area contributed by atoms with Gasteiger partial charge in [-0.25, -0.2) is 0 Å². The number of aryl methyl sites for hydroxylation is 1. The number of carbonyl (C=O) groups excluding carboxylic acids is 1. The van der Waals surface area contributed by atoms with Gasteiger partial charge in [-0.2, -0.15) is 0 Å². The van der Waals surface area contributed by atoms with Crippen molar-refractivity contribution < 1.29 is 14.1 Å². The minimum Gasteiger partial charge on any atom is -0.376 e. The lowest BCUT2D eigenvalue weighted by atomic mass is 10.1. The molecule has 0 aromatic carbocycles. The van der Waals surface area contributed by atoms with Crippen LogP contribution < -0.4 is 5.32 Å². The van der Waals surface area contributed by atoms with Gasteiger partial charge in [0.05, 0.1) is 12.1 Å². The normalized spacial score (nSPS) is 22.0. The molecule has 1 fully saturated rings. The molecule has 1 aromatic heterocycles. The maximum Gasteiger partial charge on any atom is 0.273 e. The summed E-state index contributed by atoms with van der Waals surface area (Å²) in [4.78, 5) is 11.7. The van der Waals surface area contributed by atoms with Crippen LogP contribution in [0.3, 0.4) is 0 Å².